The van der Waals surface area contributed by atoms with Crippen LogP contribution < -0.4 is 4.74 Å². The third-order valence-corrected chi connectivity index (χ3v) is 4.47. The molecule has 0 aromatic heterocycles. The molecule has 0 heterocycles. The number of alkyl halides is 3. The van der Waals surface area contributed by atoms with Crippen molar-refractivity contribution in [3.63, 3.8) is 0 Å². The van der Waals surface area contributed by atoms with Crippen molar-refractivity contribution >= 4 is 28.1 Å². The summed E-state index contributed by atoms with van der Waals surface area (Å²) in [5.74, 6) is 0.441. The summed E-state index contributed by atoms with van der Waals surface area (Å²) in [6.07, 6.45) is -3.10. The zero-order valence-corrected chi connectivity index (χ0v) is 17.2. The second-order valence-electron chi connectivity index (χ2n) is 6.14. The van der Waals surface area contributed by atoms with Gasteiger partial charge in [0.05, 0.1) is 11.8 Å². The summed E-state index contributed by atoms with van der Waals surface area (Å²) in [6.45, 7) is 0.0580. The van der Waals surface area contributed by atoms with Crippen LogP contribution in [0.2, 0.25) is 0 Å². The molecule has 0 saturated carbocycles. The molecule has 0 fully saturated rings. The average molecular weight is 471 g/mol. The van der Waals surface area contributed by atoms with Gasteiger partial charge in [-0.05, 0) is 24.3 Å². The van der Waals surface area contributed by atoms with Crippen molar-refractivity contribution in [3.8, 4) is 5.75 Å². The fourth-order valence-corrected chi connectivity index (χ4v) is 2.83. The molecule has 2 rings (SSSR count). The minimum absolute atomic E-state index is 0.0580. The first-order chi connectivity index (χ1) is 13.6. The number of ether oxygens (including phenoxy) is 1. The van der Waals surface area contributed by atoms with Gasteiger partial charge in [0.2, 0.25) is 0 Å². The predicted molar refractivity (Wildman–Crippen MR) is 107 cm³/mol. The second-order valence-corrected chi connectivity index (χ2v) is 6.99. The number of aliphatic hydroxyl groups excluding tert-OH is 1. The molecule has 154 valence electrons. The van der Waals surface area contributed by atoms with E-state index in [-0.39, 0.29) is 12.9 Å². The number of allylic oxidation sites excluding steroid dienone is 1. The molecule has 0 aliphatic carbocycles. The fourth-order valence-electron chi connectivity index (χ4n) is 2.33. The molecular weight excluding hydrogens is 453 g/mol. The van der Waals surface area contributed by atoms with E-state index in [0.29, 0.717) is 27.2 Å². The van der Waals surface area contributed by atoms with E-state index in [1.54, 1.807) is 43.3 Å². The monoisotopic (exact) mass is 470 g/mol. The number of hydrogen-bond donors (Lipinski definition) is 1. The van der Waals surface area contributed by atoms with Gasteiger partial charge in [-0.25, -0.2) is 4.99 Å². The summed E-state index contributed by atoms with van der Waals surface area (Å²) in [4.78, 5) is 16.3. The minimum Gasteiger partial charge on any atom is -0.503 e. The molecule has 0 radical (unpaired) electrons. The highest BCUT2D eigenvalue weighted by Crippen LogP contribution is 2.32. The van der Waals surface area contributed by atoms with Crippen LogP contribution in [-0.4, -0.2) is 36.2 Å². The maximum Gasteiger partial charge on any atom is 0.416 e. The summed E-state index contributed by atoms with van der Waals surface area (Å²) in [7, 11) is 3.49. The lowest BCUT2D eigenvalue weighted by molar-refractivity contribution is -0.137. The smallest absolute Gasteiger partial charge is 0.416 e. The quantitative estimate of drug-likeness (QED) is 0.213. The number of carbonyl (C=O) groups excluding carboxylic acids is 1. The van der Waals surface area contributed by atoms with E-state index in [2.05, 4.69) is 20.9 Å². The van der Waals surface area contributed by atoms with Gasteiger partial charge in [-0.3, -0.25) is 4.79 Å². The topological polar surface area (TPSA) is 62.1 Å². The molecule has 0 saturated heterocycles. The lowest BCUT2D eigenvalue weighted by Gasteiger charge is -2.16. The van der Waals surface area contributed by atoms with E-state index >= 15 is 0 Å². The number of rotatable bonds is 6. The number of aliphatic imine (C=N–C) groups is 1. The van der Waals surface area contributed by atoms with Crippen LogP contribution in [0, 0.1) is 0 Å². The molecule has 0 aliphatic rings. The lowest BCUT2D eigenvalue weighted by atomic mass is 10.1. The zero-order valence-electron chi connectivity index (χ0n) is 15.6. The molecule has 0 atom stereocenters. The third-order valence-electron chi connectivity index (χ3n) is 3.73. The number of aldehydes is 1. The number of benzene rings is 2. The molecule has 29 heavy (non-hydrogen) atoms. The van der Waals surface area contributed by atoms with Crippen molar-refractivity contribution in [1.29, 1.82) is 0 Å². The van der Waals surface area contributed by atoms with E-state index in [0.717, 1.165) is 18.3 Å². The third kappa shape index (κ3) is 6.35. The van der Waals surface area contributed by atoms with E-state index in [9.17, 15) is 23.1 Å². The number of carbonyl (C=O) groups is 1. The molecular formula is C20H18BrF3N2O3. The fraction of sp³-hybridized carbons (Fsp3) is 0.200. The lowest BCUT2D eigenvalue weighted by Crippen LogP contribution is -2.22. The van der Waals surface area contributed by atoms with Crippen molar-refractivity contribution < 1.29 is 27.8 Å². The minimum atomic E-state index is -4.41. The van der Waals surface area contributed by atoms with Crippen LogP contribution in [0.1, 0.15) is 16.7 Å². The largest absolute Gasteiger partial charge is 0.503 e. The maximum atomic E-state index is 12.8. The Morgan fingerprint density at radius 3 is 2.55 bits per heavy atom. The van der Waals surface area contributed by atoms with Gasteiger partial charge in [0.15, 0.2) is 12.0 Å². The Labute approximate surface area is 174 Å². The standard InChI is InChI=1S/C20H18BrF3N2O3/c1-26(2)19(25-10-16(28)11-27)13-4-3-5-17(8-13)29-12-14-6-7-15(9-18(14)21)20(22,23)24/h3-11,28H,12H2,1-2H3/b16-10+,25-19?. The number of aliphatic hydroxyl groups is 1. The van der Waals surface area contributed by atoms with Crippen LogP contribution in [0.4, 0.5) is 13.2 Å². The Morgan fingerprint density at radius 1 is 1.24 bits per heavy atom. The highest BCUT2D eigenvalue weighted by Gasteiger charge is 2.30. The molecule has 0 amide bonds. The molecule has 0 bridgehead atoms. The van der Waals surface area contributed by atoms with Crippen LogP contribution in [0.3, 0.4) is 0 Å². The predicted octanol–water partition coefficient (Wildman–Crippen LogP) is 4.95. The molecule has 5 nitrogen and oxygen atoms in total. The highest BCUT2D eigenvalue weighted by atomic mass is 79.9. The van der Waals surface area contributed by atoms with Crippen LogP contribution in [0.25, 0.3) is 0 Å². The van der Waals surface area contributed by atoms with Crippen LogP contribution in [-0.2, 0) is 17.6 Å². The Kier molecular flexibility index (Phi) is 7.44. The van der Waals surface area contributed by atoms with E-state index in [4.69, 9.17) is 4.74 Å². The van der Waals surface area contributed by atoms with E-state index in [1.807, 2.05) is 0 Å². The SMILES string of the molecule is CN(C)C(=N/C=C(/O)C=O)c1cccc(OCc2ccc(C(F)(F)F)cc2Br)c1. The normalized spacial score (nSPS) is 12.6. The summed E-state index contributed by atoms with van der Waals surface area (Å²) < 4.78 is 44.3. The molecule has 9 heteroatoms. The number of amidine groups is 1. The van der Waals surface area contributed by atoms with Gasteiger partial charge in [-0.1, -0.05) is 34.1 Å². The maximum absolute atomic E-state index is 12.8. The Bertz CT molecular complexity index is 941. The van der Waals surface area contributed by atoms with Crippen molar-refractivity contribution in [2.45, 2.75) is 12.8 Å². The van der Waals surface area contributed by atoms with E-state index < -0.39 is 17.5 Å². The highest BCUT2D eigenvalue weighted by molar-refractivity contribution is 9.10. The molecule has 2 aromatic rings. The first kappa shape index (κ1) is 22.5. The number of hydrogen-bond acceptors (Lipinski definition) is 4. The van der Waals surface area contributed by atoms with Crippen molar-refractivity contribution in [2.75, 3.05) is 14.1 Å². The Balaban J connectivity index is 2.21. The Hall–Kier alpha value is -2.81. The van der Waals surface area contributed by atoms with E-state index in [1.165, 1.54) is 6.07 Å². The summed E-state index contributed by atoms with van der Waals surface area (Å²) in [6, 6.07) is 10.3. The van der Waals surface area contributed by atoms with Gasteiger partial charge in [0.25, 0.3) is 0 Å². The van der Waals surface area contributed by atoms with Gasteiger partial charge >= 0.3 is 6.18 Å². The van der Waals surface area contributed by atoms with Crippen LogP contribution >= 0.6 is 15.9 Å². The van der Waals surface area contributed by atoms with Gasteiger partial charge in [-0.15, -0.1) is 0 Å². The molecule has 2 aromatic carbocycles. The zero-order chi connectivity index (χ0) is 21.6. The summed E-state index contributed by atoms with van der Waals surface area (Å²) >= 11 is 3.15. The average Bonchev–Trinajstić information content (AvgIpc) is 2.66. The van der Waals surface area contributed by atoms with Crippen molar-refractivity contribution in [2.24, 2.45) is 4.99 Å². The van der Waals surface area contributed by atoms with Gasteiger partial charge in [0, 0.05) is 29.7 Å². The number of nitrogens with zero attached hydrogens (tertiary/aromatic N) is 2. The van der Waals surface area contributed by atoms with Crippen molar-refractivity contribution in [1.82, 2.24) is 4.90 Å². The first-order valence-electron chi connectivity index (χ1n) is 8.30. The molecule has 1 N–H and O–H groups in total. The van der Waals surface area contributed by atoms with Gasteiger partial charge in [0.1, 0.15) is 18.2 Å². The molecule has 0 spiro atoms. The van der Waals surface area contributed by atoms with Gasteiger partial charge in [-0.2, -0.15) is 13.2 Å². The Morgan fingerprint density at radius 2 is 1.97 bits per heavy atom. The molecule has 0 unspecified atom stereocenters. The summed E-state index contributed by atoms with van der Waals surface area (Å²) in [5.41, 5.74) is 0.478. The molecule has 0 aliphatic heterocycles. The second kappa shape index (κ2) is 9.60. The van der Waals surface area contributed by atoms with Gasteiger partial charge < -0.3 is 14.7 Å². The summed E-state index contributed by atoms with van der Waals surface area (Å²) in [5, 5.41) is 9.26. The van der Waals surface area contributed by atoms with Crippen LogP contribution in [0.5, 0.6) is 5.75 Å². The van der Waals surface area contributed by atoms with Crippen LogP contribution in [0.15, 0.2) is 63.9 Å². The first-order valence-corrected chi connectivity index (χ1v) is 9.09. The van der Waals surface area contributed by atoms with Crippen molar-refractivity contribution in [3.05, 3.63) is 75.6 Å². The number of halogens is 4.